The molecule has 26 heavy (non-hydrogen) atoms. The highest BCUT2D eigenvalue weighted by Gasteiger charge is 2.12. The Morgan fingerprint density at radius 3 is 2.73 bits per heavy atom. The number of benzene rings is 1. The zero-order valence-electron chi connectivity index (χ0n) is 14.2. The summed E-state index contributed by atoms with van der Waals surface area (Å²) in [6, 6.07) is 11.1. The maximum atomic E-state index is 12.3. The van der Waals surface area contributed by atoms with Crippen LogP contribution in [-0.4, -0.2) is 32.4 Å². The van der Waals surface area contributed by atoms with Gasteiger partial charge in [0.05, 0.1) is 6.54 Å². The number of thiazole rings is 1. The molecule has 7 nitrogen and oxygen atoms in total. The first-order chi connectivity index (χ1) is 12.5. The predicted octanol–water partition coefficient (Wildman–Crippen LogP) is 1.71. The van der Waals surface area contributed by atoms with E-state index in [0.717, 1.165) is 15.4 Å². The largest absolute Gasteiger partial charge is 0.340 e. The zero-order valence-corrected chi connectivity index (χ0v) is 15.0. The summed E-state index contributed by atoms with van der Waals surface area (Å²) in [6.45, 7) is 0.681. The highest BCUT2D eigenvalue weighted by Crippen LogP contribution is 2.25. The zero-order chi connectivity index (χ0) is 18.5. The van der Waals surface area contributed by atoms with Crippen LogP contribution in [0.15, 0.2) is 58.4 Å². The number of nitrogens with zero attached hydrogens (tertiary/aromatic N) is 3. The summed E-state index contributed by atoms with van der Waals surface area (Å²) in [5.74, 6) is -0.0854. The Morgan fingerprint density at radius 2 is 2.00 bits per heavy atom. The first kappa shape index (κ1) is 17.8. The minimum Gasteiger partial charge on any atom is -0.340 e. The number of aromatic nitrogens is 3. The van der Waals surface area contributed by atoms with Crippen LogP contribution >= 0.6 is 11.3 Å². The summed E-state index contributed by atoms with van der Waals surface area (Å²) in [6.07, 6.45) is 3.35. The van der Waals surface area contributed by atoms with Crippen LogP contribution in [0, 0.1) is 0 Å². The Labute approximate surface area is 153 Å². The summed E-state index contributed by atoms with van der Waals surface area (Å²) >= 11 is 1.55. The van der Waals surface area contributed by atoms with Crippen molar-refractivity contribution in [2.75, 3.05) is 7.05 Å². The molecule has 0 aliphatic heterocycles. The quantitative estimate of drug-likeness (QED) is 0.715. The molecule has 0 saturated carbocycles. The molecule has 0 spiro atoms. The van der Waals surface area contributed by atoms with E-state index in [2.05, 4.69) is 9.97 Å². The SMILES string of the molecule is CN(Cc1cnc(-c2ccccc2)s1)C(=O)CCn1ccc(=O)[nH]c1=O. The molecule has 0 aliphatic rings. The third kappa shape index (κ3) is 4.34. The molecule has 2 heterocycles. The average molecular weight is 370 g/mol. The van der Waals surface area contributed by atoms with Crippen molar-refractivity contribution < 1.29 is 4.79 Å². The highest BCUT2D eigenvalue weighted by atomic mass is 32.1. The summed E-state index contributed by atoms with van der Waals surface area (Å²) in [4.78, 5) is 44.2. The highest BCUT2D eigenvalue weighted by molar-refractivity contribution is 7.15. The van der Waals surface area contributed by atoms with Gasteiger partial charge in [-0.15, -0.1) is 11.3 Å². The Morgan fingerprint density at radius 1 is 1.23 bits per heavy atom. The molecule has 134 valence electrons. The molecule has 0 bridgehead atoms. The molecule has 3 aromatic rings. The molecule has 1 N–H and O–H groups in total. The fourth-order valence-corrected chi connectivity index (χ4v) is 3.42. The van der Waals surface area contributed by atoms with E-state index in [-0.39, 0.29) is 18.9 Å². The van der Waals surface area contributed by atoms with Crippen molar-refractivity contribution >= 4 is 17.2 Å². The average Bonchev–Trinajstić information content (AvgIpc) is 3.10. The summed E-state index contributed by atoms with van der Waals surface area (Å²) in [5.41, 5.74) is 0.0900. The molecular weight excluding hydrogens is 352 g/mol. The van der Waals surface area contributed by atoms with Gasteiger partial charge in [-0.2, -0.15) is 0 Å². The number of H-pyrrole nitrogens is 1. The predicted molar refractivity (Wildman–Crippen MR) is 100.0 cm³/mol. The second-order valence-corrected chi connectivity index (χ2v) is 6.92. The van der Waals surface area contributed by atoms with Crippen LogP contribution in [0.5, 0.6) is 0 Å². The number of amides is 1. The Kier molecular flexibility index (Phi) is 5.43. The van der Waals surface area contributed by atoms with E-state index in [1.165, 1.54) is 16.8 Å². The van der Waals surface area contributed by atoms with E-state index in [4.69, 9.17) is 0 Å². The lowest BCUT2D eigenvalue weighted by molar-refractivity contribution is -0.130. The summed E-state index contributed by atoms with van der Waals surface area (Å²) in [5, 5.41) is 0.918. The third-order valence-electron chi connectivity index (χ3n) is 3.86. The fraction of sp³-hybridized carbons (Fsp3) is 0.222. The second kappa shape index (κ2) is 7.92. The maximum absolute atomic E-state index is 12.3. The molecule has 0 atom stereocenters. The van der Waals surface area contributed by atoms with Crippen molar-refractivity contribution in [3.05, 3.63) is 74.5 Å². The van der Waals surface area contributed by atoms with Gasteiger partial charge in [0.2, 0.25) is 5.91 Å². The van der Waals surface area contributed by atoms with Gasteiger partial charge in [0.25, 0.3) is 5.56 Å². The molecule has 3 rings (SSSR count). The molecule has 1 aromatic carbocycles. The molecule has 0 radical (unpaired) electrons. The van der Waals surface area contributed by atoms with E-state index >= 15 is 0 Å². The lowest BCUT2D eigenvalue weighted by Gasteiger charge is -2.16. The van der Waals surface area contributed by atoms with Crippen molar-refractivity contribution in [1.82, 2.24) is 19.4 Å². The Bertz CT molecular complexity index is 1010. The summed E-state index contributed by atoms with van der Waals surface area (Å²) < 4.78 is 1.31. The first-order valence-electron chi connectivity index (χ1n) is 8.07. The van der Waals surface area contributed by atoms with Gasteiger partial charge in [-0.05, 0) is 0 Å². The van der Waals surface area contributed by atoms with E-state index in [0.29, 0.717) is 6.54 Å². The molecule has 2 aromatic heterocycles. The number of hydrogen-bond acceptors (Lipinski definition) is 5. The fourth-order valence-electron chi connectivity index (χ4n) is 2.44. The Balaban J connectivity index is 1.58. The molecule has 0 fully saturated rings. The first-order valence-corrected chi connectivity index (χ1v) is 8.88. The van der Waals surface area contributed by atoms with Crippen molar-refractivity contribution in [1.29, 1.82) is 0 Å². The van der Waals surface area contributed by atoms with Gasteiger partial charge in [-0.1, -0.05) is 30.3 Å². The second-order valence-electron chi connectivity index (χ2n) is 5.80. The lowest BCUT2D eigenvalue weighted by Crippen LogP contribution is -2.31. The van der Waals surface area contributed by atoms with Gasteiger partial charge in [-0.3, -0.25) is 14.6 Å². The van der Waals surface area contributed by atoms with Gasteiger partial charge in [0, 0.05) is 48.9 Å². The number of carbonyl (C=O) groups is 1. The molecule has 1 amide bonds. The van der Waals surface area contributed by atoms with Crippen molar-refractivity contribution in [3.8, 4) is 10.6 Å². The van der Waals surface area contributed by atoms with Gasteiger partial charge in [0.15, 0.2) is 0 Å². The molecule has 0 unspecified atom stereocenters. The molecule has 0 aliphatic carbocycles. The number of carbonyl (C=O) groups excluding carboxylic acids is 1. The van der Waals surface area contributed by atoms with Crippen LogP contribution in [0.2, 0.25) is 0 Å². The number of aromatic amines is 1. The summed E-state index contributed by atoms with van der Waals surface area (Å²) in [7, 11) is 1.72. The standard InChI is InChI=1S/C18H18N4O3S/c1-21(16(24)8-10-22-9-7-15(23)20-18(22)25)12-14-11-19-17(26-14)13-5-3-2-4-6-13/h2-7,9,11H,8,10,12H2,1H3,(H,20,23,25). The number of nitrogens with one attached hydrogen (secondary N) is 1. The molecular formula is C18H18N4O3S. The van der Waals surface area contributed by atoms with Crippen molar-refractivity contribution in [3.63, 3.8) is 0 Å². The molecule has 0 saturated heterocycles. The van der Waals surface area contributed by atoms with Gasteiger partial charge >= 0.3 is 5.69 Å². The monoisotopic (exact) mass is 370 g/mol. The van der Waals surface area contributed by atoms with Crippen LogP contribution < -0.4 is 11.2 Å². The van der Waals surface area contributed by atoms with Crippen LogP contribution in [0.4, 0.5) is 0 Å². The maximum Gasteiger partial charge on any atom is 0.328 e. The van der Waals surface area contributed by atoms with Crippen LogP contribution in [0.25, 0.3) is 10.6 Å². The minimum absolute atomic E-state index is 0.0854. The van der Waals surface area contributed by atoms with E-state index < -0.39 is 11.2 Å². The number of aryl methyl sites for hydroxylation is 1. The van der Waals surface area contributed by atoms with Crippen molar-refractivity contribution in [2.24, 2.45) is 0 Å². The van der Waals surface area contributed by atoms with Gasteiger partial charge < -0.3 is 9.47 Å². The normalized spacial score (nSPS) is 10.7. The Hall–Kier alpha value is -3.00. The van der Waals surface area contributed by atoms with Gasteiger partial charge in [0.1, 0.15) is 5.01 Å². The number of rotatable bonds is 6. The van der Waals surface area contributed by atoms with Crippen LogP contribution in [-0.2, 0) is 17.9 Å². The van der Waals surface area contributed by atoms with Crippen molar-refractivity contribution in [2.45, 2.75) is 19.5 Å². The molecule has 8 heteroatoms. The lowest BCUT2D eigenvalue weighted by atomic mass is 10.2. The van der Waals surface area contributed by atoms with Gasteiger partial charge in [-0.25, -0.2) is 9.78 Å². The van der Waals surface area contributed by atoms with E-state index in [9.17, 15) is 14.4 Å². The smallest absolute Gasteiger partial charge is 0.328 e. The number of hydrogen-bond donors (Lipinski definition) is 1. The topological polar surface area (TPSA) is 88.1 Å². The van der Waals surface area contributed by atoms with E-state index in [1.807, 2.05) is 30.3 Å². The third-order valence-corrected chi connectivity index (χ3v) is 4.89. The van der Waals surface area contributed by atoms with Crippen LogP contribution in [0.3, 0.4) is 0 Å². The van der Waals surface area contributed by atoms with E-state index in [1.54, 1.807) is 29.5 Å². The van der Waals surface area contributed by atoms with Crippen LogP contribution in [0.1, 0.15) is 11.3 Å². The minimum atomic E-state index is -0.511.